The van der Waals surface area contributed by atoms with Crippen LogP contribution in [0.25, 0.3) is 0 Å². The second-order valence-corrected chi connectivity index (χ2v) is 6.15. The Morgan fingerprint density at radius 1 is 1.16 bits per heavy atom. The van der Waals surface area contributed by atoms with Crippen LogP contribution in [-0.2, 0) is 4.79 Å². The van der Waals surface area contributed by atoms with Gasteiger partial charge >= 0.3 is 0 Å². The van der Waals surface area contributed by atoms with E-state index >= 15 is 0 Å². The molecule has 5 nitrogen and oxygen atoms in total. The van der Waals surface area contributed by atoms with Crippen LogP contribution >= 0.6 is 0 Å². The van der Waals surface area contributed by atoms with Gasteiger partial charge in [0.05, 0.1) is 20.8 Å². The molecule has 1 fully saturated rings. The fourth-order valence-electron chi connectivity index (χ4n) is 3.37. The van der Waals surface area contributed by atoms with Gasteiger partial charge in [0.1, 0.15) is 11.5 Å². The number of amides is 1. The lowest BCUT2D eigenvalue weighted by Crippen LogP contribution is -2.33. The lowest BCUT2D eigenvalue weighted by atomic mass is 10.0. The minimum atomic E-state index is 0.00517. The van der Waals surface area contributed by atoms with Crippen molar-refractivity contribution in [2.45, 2.75) is 18.9 Å². The van der Waals surface area contributed by atoms with E-state index in [-0.39, 0.29) is 11.9 Å². The first-order chi connectivity index (χ1) is 12.2. The van der Waals surface area contributed by atoms with Crippen molar-refractivity contribution >= 4 is 11.6 Å². The Kier molecular flexibility index (Phi) is 5.56. The normalized spacial score (nSPS) is 17.3. The van der Waals surface area contributed by atoms with Crippen LogP contribution in [0.2, 0.25) is 0 Å². The quantitative estimate of drug-likeness (QED) is 0.875. The highest BCUT2D eigenvalue weighted by atomic mass is 16.5. The molecule has 1 saturated heterocycles. The summed E-state index contributed by atoms with van der Waals surface area (Å²) in [5, 5.41) is 2.96. The average Bonchev–Trinajstić information content (AvgIpc) is 3.09. The standard InChI is InChI=1S/C20H24N2O3/c1-24-16-10-11-17(19(13-16)25-2)18-9-6-12-22(18)14-20(23)21-15-7-4-3-5-8-15/h3-5,7-8,10-11,13,18H,6,9,12,14H2,1-2H3,(H,21,23)/t18-/m1/s1. The highest BCUT2D eigenvalue weighted by Gasteiger charge is 2.29. The van der Waals surface area contributed by atoms with E-state index in [0.29, 0.717) is 6.54 Å². The van der Waals surface area contributed by atoms with Crippen LogP contribution in [0, 0.1) is 0 Å². The molecule has 1 aliphatic rings. The van der Waals surface area contributed by atoms with Crippen molar-refractivity contribution in [1.82, 2.24) is 4.90 Å². The minimum absolute atomic E-state index is 0.00517. The molecule has 1 amide bonds. The number of anilines is 1. The van der Waals surface area contributed by atoms with Gasteiger partial charge in [-0.1, -0.05) is 24.3 Å². The number of carbonyl (C=O) groups excluding carboxylic acids is 1. The second-order valence-electron chi connectivity index (χ2n) is 6.15. The van der Waals surface area contributed by atoms with Gasteiger partial charge in [-0.3, -0.25) is 9.69 Å². The number of hydrogen-bond donors (Lipinski definition) is 1. The highest BCUT2D eigenvalue weighted by Crippen LogP contribution is 2.38. The van der Waals surface area contributed by atoms with E-state index in [2.05, 4.69) is 10.2 Å². The molecule has 25 heavy (non-hydrogen) atoms. The third-order valence-electron chi connectivity index (χ3n) is 4.57. The number of carbonyl (C=O) groups is 1. The molecule has 0 unspecified atom stereocenters. The summed E-state index contributed by atoms with van der Waals surface area (Å²) in [4.78, 5) is 14.6. The van der Waals surface area contributed by atoms with Crippen molar-refractivity contribution < 1.29 is 14.3 Å². The summed E-state index contributed by atoms with van der Waals surface area (Å²) in [6, 6.07) is 15.6. The number of ether oxygens (including phenoxy) is 2. The molecule has 3 rings (SSSR count). The van der Waals surface area contributed by atoms with Gasteiger partial charge in [0.25, 0.3) is 0 Å². The second kappa shape index (κ2) is 8.03. The van der Waals surface area contributed by atoms with Gasteiger partial charge in [-0.15, -0.1) is 0 Å². The molecule has 1 heterocycles. The highest BCUT2D eigenvalue weighted by molar-refractivity contribution is 5.92. The molecule has 1 aliphatic heterocycles. The van der Waals surface area contributed by atoms with Gasteiger partial charge in [0.15, 0.2) is 0 Å². The van der Waals surface area contributed by atoms with Crippen molar-refractivity contribution in [2.75, 3.05) is 32.6 Å². The van der Waals surface area contributed by atoms with Gasteiger partial charge in [0.2, 0.25) is 5.91 Å². The van der Waals surface area contributed by atoms with Crippen LogP contribution in [-0.4, -0.2) is 38.1 Å². The maximum absolute atomic E-state index is 12.4. The zero-order valence-corrected chi connectivity index (χ0v) is 14.7. The molecule has 2 aromatic carbocycles. The molecular formula is C20H24N2O3. The topological polar surface area (TPSA) is 50.8 Å². The smallest absolute Gasteiger partial charge is 0.238 e. The van der Waals surface area contributed by atoms with Crippen molar-refractivity contribution in [3.05, 3.63) is 54.1 Å². The molecule has 1 N–H and O–H groups in total. The molecule has 132 valence electrons. The number of benzene rings is 2. The Morgan fingerprint density at radius 2 is 1.96 bits per heavy atom. The first-order valence-corrected chi connectivity index (χ1v) is 8.52. The largest absolute Gasteiger partial charge is 0.497 e. The Bertz CT molecular complexity index is 718. The molecule has 2 aromatic rings. The van der Waals surface area contributed by atoms with E-state index < -0.39 is 0 Å². The van der Waals surface area contributed by atoms with Gasteiger partial charge < -0.3 is 14.8 Å². The van der Waals surface area contributed by atoms with E-state index in [1.54, 1.807) is 14.2 Å². The van der Waals surface area contributed by atoms with E-state index in [4.69, 9.17) is 9.47 Å². The van der Waals surface area contributed by atoms with Crippen LogP contribution < -0.4 is 14.8 Å². The van der Waals surface area contributed by atoms with Crippen molar-refractivity contribution in [1.29, 1.82) is 0 Å². The Labute approximate surface area is 148 Å². The van der Waals surface area contributed by atoms with Crippen molar-refractivity contribution in [3.8, 4) is 11.5 Å². The third kappa shape index (κ3) is 4.12. The fraction of sp³-hybridized carbons (Fsp3) is 0.350. The number of hydrogen-bond acceptors (Lipinski definition) is 4. The van der Waals surface area contributed by atoms with Gasteiger partial charge in [-0.25, -0.2) is 0 Å². The minimum Gasteiger partial charge on any atom is -0.497 e. The van der Waals surface area contributed by atoms with Crippen molar-refractivity contribution in [2.24, 2.45) is 0 Å². The Balaban J connectivity index is 1.71. The average molecular weight is 340 g/mol. The molecule has 0 aromatic heterocycles. The monoisotopic (exact) mass is 340 g/mol. The summed E-state index contributed by atoms with van der Waals surface area (Å²) in [7, 11) is 3.31. The number of para-hydroxylation sites is 1. The Hall–Kier alpha value is -2.53. The molecule has 1 atom stereocenters. The number of nitrogens with one attached hydrogen (secondary N) is 1. The maximum atomic E-state index is 12.4. The molecule has 0 spiro atoms. The molecule has 5 heteroatoms. The lowest BCUT2D eigenvalue weighted by molar-refractivity contribution is -0.117. The summed E-state index contributed by atoms with van der Waals surface area (Å²) in [6.45, 7) is 1.27. The molecule has 0 aliphatic carbocycles. The SMILES string of the molecule is COc1ccc([C@H]2CCCN2CC(=O)Nc2ccccc2)c(OC)c1. The third-order valence-corrected chi connectivity index (χ3v) is 4.57. The van der Waals surface area contributed by atoms with E-state index in [0.717, 1.165) is 42.1 Å². The van der Waals surface area contributed by atoms with E-state index in [1.807, 2.05) is 48.5 Å². The van der Waals surface area contributed by atoms with E-state index in [9.17, 15) is 4.79 Å². The maximum Gasteiger partial charge on any atom is 0.238 e. The van der Waals surface area contributed by atoms with Crippen LogP contribution in [0.5, 0.6) is 11.5 Å². The first-order valence-electron chi connectivity index (χ1n) is 8.52. The van der Waals surface area contributed by atoms with E-state index in [1.165, 1.54) is 0 Å². The zero-order chi connectivity index (χ0) is 17.6. The Morgan fingerprint density at radius 3 is 2.68 bits per heavy atom. The summed E-state index contributed by atoms with van der Waals surface area (Å²) in [5.41, 5.74) is 1.93. The summed E-state index contributed by atoms with van der Waals surface area (Å²) >= 11 is 0. The molecular weight excluding hydrogens is 316 g/mol. The number of likely N-dealkylation sites (tertiary alicyclic amines) is 1. The summed E-state index contributed by atoms with van der Waals surface area (Å²) < 4.78 is 10.8. The molecule has 0 saturated carbocycles. The first kappa shape index (κ1) is 17.3. The zero-order valence-electron chi connectivity index (χ0n) is 14.7. The van der Waals surface area contributed by atoms with Crippen molar-refractivity contribution in [3.63, 3.8) is 0 Å². The predicted molar refractivity (Wildman–Crippen MR) is 98.2 cm³/mol. The van der Waals surface area contributed by atoms with Crippen LogP contribution in [0.1, 0.15) is 24.4 Å². The van der Waals surface area contributed by atoms with Gasteiger partial charge in [0, 0.05) is 23.4 Å². The van der Waals surface area contributed by atoms with Crippen LogP contribution in [0.15, 0.2) is 48.5 Å². The van der Waals surface area contributed by atoms with Crippen LogP contribution in [0.4, 0.5) is 5.69 Å². The predicted octanol–water partition coefficient (Wildman–Crippen LogP) is 3.48. The summed E-state index contributed by atoms with van der Waals surface area (Å²) in [6.07, 6.45) is 2.08. The lowest BCUT2D eigenvalue weighted by Gasteiger charge is -2.25. The van der Waals surface area contributed by atoms with Gasteiger partial charge in [-0.2, -0.15) is 0 Å². The number of methoxy groups -OCH3 is 2. The number of nitrogens with zero attached hydrogens (tertiary/aromatic N) is 1. The molecule has 0 bridgehead atoms. The van der Waals surface area contributed by atoms with Gasteiger partial charge in [-0.05, 0) is 37.6 Å². The fourth-order valence-corrected chi connectivity index (χ4v) is 3.37. The number of rotatable bonds is 6. The van der Waals surface area contributed by atoms with Crippen LogP contribution in [0.3, 0.4) is 0 Å². The molecule has 0 radical (unpaired) electrons. The summed E-state index contributed by atoms with van der Waals surface area (Å²) in [5.74, 6) is 1.58.